The molecule has 3 nitrogen and oxygen atoms in total. The maximum atomic E-state index is 11.9. The Morgan fingerprint density at radius 3 is 2.53 bits per heavy atom. The molecule has 1 heterocycles. The number of carbonyl (C=O) groups is 1. The predicted octanol–water partition coefficient (Wildman–Crippen LogP) is -1.44. The van der Waals surface area contributed by atoms with Crippen LogP contribution in [0.4, 0.5) is 0 Å². The van der Waals surface area contributed by atoms with Crippen LogP contribution < -0.4 is 21.7 Å². The lowest BCUT2D eigenvalue weighted by molar-refractivity contribution is -0.741. The van der Waals surface area contributed by atoms with E-state index in [-0.39, 0.29) is 29.3 Å². The van der Waals surface area contributed by atoms with Crippen molar-refractivity contribution in [1.29, 1.82) is 0 Å². The lowest BCUT2D eigenvalue weighted by atomic mass is 10.1. The van der Waals surface area contributed by atoms with E-state index >= 15 is 0 Å². The fourth-order valence-corrected chi connectivity index (χ4v) is 1.50. The van der Waals surface area contributed by atoms with Gasteiger partial charge in [0.15, 0.2) is 6.20 Å². The fourth-order valence-electron chi connectivity index (χ4n) is 1.50. The number of benzene rings is 1. The molecule has 0 aliphatic rings. The van der Waals surface area contributed by atoms with Gasteiger partial charge in [-0.25, -0.2) is 0 Å². The molecule has 4 heteroatoms. The largest absolute Gasteiger partial charge is 1.00 e. The van der Waals surface area contributed by atoms with E-state index in [1.165, 1.54) is 0 Å². The molecular weight excluding hydrogens is 280 g/mol. The number of carbonyl (C=O) groups excluding carboxylic acids is 1. The second-order valence-corrected chi connectivity index (χ2v) is 3.64. The van der Waals surface area contributed by atoms with Gasteiger partial charge in [-0.2, -0.15) is 0 Å². The van der Waals surface area contributed by atoms with Crippen molar-refractivity contribution in [3.8, 4) is 0 Å². The van der Waals surface area contributed by atoms with Crippen LogP contribution in [0.25, 0.3) is 0 Å². The van der Waals surface area contributed by atoms with Crippen molar-refractivity contribution in [2.45, 2.75) is 13.5 Å². The van der Waals surface area contributed by atoms with Crippen molar-refractivity contribution in [3.63, 3.8) is 0 Å². The smallest absolute Gasteiger partial charge is 0.236 e. The van der Waals surface area contributed by atoms with Crippen LogP contribution in [0.1, 0.15) is 16.1 Å². The number of hydrogen-bond donors (Lipinski definition) is 0. The first-order valence-electron chi connectivity index (χ1n) is 5.17. The Morgan fingerprint density at radius 1 is 1.18 bits per heavy atom. The van der Waals surface area contributed by atoms with Crippen LogP contribution in [0.2, 0.25) is 0 Å². The number of ketones is 1. The Balaban J connectivity index is 0.00000144. The minimum absolute atomic E-state index is 0. The molecule has 2 rings (SSSR count). The first-order valence-corrected chi connectivity index (χ1v) is 5.17. The zero-order valence-corrected chi connectivity index (χ0v) is 11.1. The Morgan fingerprint density at radius 2 is 1.88 bits per heavy atom. The summed E-state index contributed by atoms with van der Waals surface area (Å²) < 4.78 is 1.66. The Kier molecular flexibility index (Phi) is 4.97. The lowest BCUT2D eigenvalue weighted by Crippen LogP contribution is -3.00. The van der Waals surface area contributed by atoms with Gasteiger partial charge in [0.05, 0.1) is 0 Å². The first-order chi connectivity index (χ1) is 7.75. The fraction of sp³-hybridized carbons (Fsp3) is 0.154. The molecule has 0 N–H and O–H groups in total. The molecule has 1 aromatic carbocycles. The number of halogens is 1. The molecular formula is C13H13BrN2O. The minimum atomic E-state index is 0. The van der Waals surface area contributed by atoms with Crippen LogP contribution >= 0.6 is 0 Å². The predicted molar refractivity (Wildman–Crippen MR) is 59.9 cm³/mol. The third-order valence-electron chi connectivity index (χ3n) is 2.28. The molecule has 0 saturated carbocycles. The second-order valence-electron chi connectivity index (χ2n) is 3.64. The summed E-state index contributed by atoms with van der Waals surface area (Å²) >= 11 is 0. The van der Waals surface area contributed by atoms with E-state index in [9.17, 15) is 4.79 Å². The number of aromatic nitrogens is 2. The molecule has 0 radical (unpaired) electrons. The van der Waals surface area contributed by atoms with Crippen molar-refractivity contribution >= 4 is 5.78 Å². The highest BCUT2D eigenvalue weighted by molar-refractivity contribution is 5.94. The van der Waals surface area contributed by atoms with E-state index in [1.807, 2.05) is 49.4 Å². The molecule has 0 amide bonds. The second kappa shape index (κ2) is 6.25. The van der Waals surface area contributed by atoms with Crippen LogP contribution in [0.5, 0.6) is 0 Å². The molecule has 0 spiro atoms. The zero-order chi connectivity index (χ0) is 11.4. The van der Waals surface area contributed by atoms with Gasteiger partial charge in [0.2, 0.25) is 12.3 Å². The molecule has 17 heavy (non-hydrogen) atoms. The van der Waals surface area contributed by atoms with Crippen LogP contribution in [0.3, 0.4) is 0 Å². The van der Waals surface area contributed by atoms with Crippen LogP contribution in [-0.4, -0.2) is 10.9 Å². The normalized spacial score (nSPS) is 9.47. The van der Waals surface area contributed by atoms with Gasteiger partial charge in [0.25, 0.3) is 0 Å². The van der Waals surface area contributed by atoms with Gasteiger partial charge in [-0.3, -0.25) is 4.79 Å². The van der Waals surface area contributed by atoms with Crippen LogP contribution in [-0.2, 0) is 6.54 Å². The summed E-state index contributed by atoms with van der Waals surface area (Å²) in [5.74, 6) is 0.0729. The summed E-state index contributed by atoms with van der Waals surface area (Å²) in [7, 11) is 0. The Bertz CT molecular complexity index is 500. The zero-order valence-electron chi connectivity index (χ0n) is 9.51. The van der Waals surface area contributed by atoms with E-state index in [0.717, 1.165) is 11.3 Å². The number of hydrogen-bond acceptors (Lipinski definition) is 2. The van der Waals surface area contributed by atoms with E-state index in [1.54, 1.807) is 10.9 Å². The Hall–Kier alpha value is -1.55. The summed E-state index contributed by atoms with van der Waals surface area (Å²) in [6, 6.07) is 13.1. The summed E-state index contributed by atoms with van der Waals surface area (Å²) in [6.07, 6.45) is 1.80. The monoisotopic (exact) mass is 292 g/mol. The molecule has 88 valence electrons. The number of aryl methyl sites for hydroxylation is 1. The van der Waals surface area contributed by atoms with E-state index < -0.39 is 0 Å². The van der Waals surface area contributed by atoms with Crippen molar-refractivity contribution in [2.75, 3.05) is 0 Å². The number of Topliss-reactive ketones (excluding diaryl/α,β-unsaturated/α-hetero) is 1. The van der Waals surface area contributed by atoms with Gasteiger partial charge in [0.1, 0.15) is 5.69 Å². The van der Waals surface area contributed by atoms with E-state index in [2.05, 4.69) is 5.10 Å². The molecule has 2 aromatic rings. The third-order valence-corrected chi connectivity index (χ3v) is 2.28. The number of rotatable bonds is 3. The van der Waals surface area contributed by atoms with Gasteiger partial charge in [0, 0.05) is 11.6 Å². The molecule has 1 aromatic heterocycles. The minimum Gasteiger partial charge on any atom is -1.00 e. The van der Waals surface area contributed by atoms with Crippen molar-refractivity contribution in [3.05, 3.63) is 59.9 Å². The van der Waals surface area contributed by atoms with Crippen molar-refractivity contribution in [1.82, 2.24) is 5.10 Å². The van der Waals surface area contributed by atoms with Gasteiger partial charge in [-0.1, -0.05) is 35.0 Å². The third kappa shape index (κ3) is 3.75. The topological polar surface area (TPSA) is 33.8 Å². The highest BCUT2D eigenvalue weighted by Gasteiger charge is 2.12. The quantitative estimate of drug-likeness (QED) is 0.513. The van der Waals surface area contributed by atoms with E-state index in [4.69, 9.17) is 0 Å². The summed E-state index contributed by atoms with van der Waals surface area (Å²) in [5.41, 5.74) is 1.63. The molecule has 0 aliphatic carbocycles. The lowest BCUT2D eigenvalue weighted by Gasteiger charge is -1.96. The molecule has 0 saturated heterocycles. The summed E-state index contributed by atoms with van der Waals surface area (Å²) in [6.45, 7) is 2.19. The van der Waals surface area contributed by atoms with Gasteiger partial charge in [-0.15, -0.1) is 0 Å². The summed E-state index contributed by atoms with van der Waals surface area (Å²) in [5, 5.41) is 4.23. The summed E-state index contributed by atoms with van der Waals surface area (Å²) in [4.78, 5) is 11.9. The van der Waals surface area contributed by atoms with Crippen molar-refractivity contribution in [2.24, 2.45) is 0 Å². The highest BCUT2D eigenvalue weighted by Crippen LogP contribution is 1.99. The van der Waals surface area contributed by atoms with Crippen LogP contribution in [0.15, 0.2) is 48.7 Å². The van der Waals surface area contributed by atoms with Crippen LogP contribution in [0, 0.1) is 6.92 Å². The average Bonchev–Trinajstić information content (AvgIpc) is 2.30. The highest BCUT2D eigenvalue weighted by atomic mass is 79.9. The average molecular weight is 293 g/mol. The Labute approximate surface area is 111 Å². The van der Waals surface area contributed by atoms with Gasteiger partial charge >= 0.3 is 0 Å². The molecule has 0 bridgehead atoms. The van der Waals surface area contributed by atoms with Crippen molar-refractivity contribution < 1.29 is 26.5 Å². The first kappa shape index (κ1) is 13.5. The molecule has 0 aliphatic heterocycles. The number of nitrogens with zero attached hydrogens (tertiary/aromatic N) is 2. The SMILES string of the molecule is Cc1ccc[n+](CC(=O)c2ccccc2)n1.[Br-]. The maximum absolute atomic E-state index is 11.9. The maximum Gasteiger partial charge on any atom is 0.236 e. The molecule has 0 unspecified atom stereocenters. The van der Waals surface area contributed by atoms with Gasteiger partial charge in [-0.05, 0) is 18.1 Å². The van der Waals surface area contributed by atoms with Gasteiger partial charge < -0.3 is 17.0 Å². The molecule has 0 fully saturated rings. The molecule has 0 atom stereocenters. The standard InChI is InChI=1S/C13H13N2O.BrH/c1-11-6-5-9-15(14-11)10-13(16)12-7-3-2-4-8-12;/h2-9H,10H2,1H3;1H/q+1;/p-1. The van der Waals surface area contributed by atoms with E-state index in [0.29, 0.717) is 0 Å².